The molecule has 4 rings (SSSR count). The first kappa shape index (κ1) is 12.4. The van der Waals surface area contributed by atoms with E-state index >= 15 is 0 Å². The number of rotatable bonds is 2. The Morgan fingerprint density at radius 2 is 2.05 bits per heavy atom. The minimum atomic E-state index is 0.0393. The van der Waals surface area contributed by atoms with E-state index in [1.54, 1.807) is 0 Å². The van der Waals surface area contributed by atoms with Crippen molar-refractivity contribution in [2.75, 3.05) is 6.61 Å². The fraction of sp³-hybridized carbons (Fsp3) is 0.167. The summed E-state index contributed by atoms with van der Waals surface area (Å²) in [5, 5.41) is 10.4. The number of pyridine rings is 1. The highest BCUT2D eigenvalue weighted by atomic mass is 16.5. The zero-order valence-electron chi connectivity index (χ0n) is 11.5. The molecule has 0 saturated heterocycles. The van der Waals surface area contributed by atoms with Gasteiger partial charge in [-0.3, -0.25) is 4.98 Å². The maximum Gasteiger partial charge on any atom is 0.123 e. The van der Waals surface area contributed by atoms with E-state index in [0.29, 0.717) is 0 Å². The zero-order chi connectivity index (χ0) is 14.2. The molecule has 0 fully saturated rings. The van der Waals surface area contributed by atoms with Gasteiger partial charge >= 0.3 is 0 Å². The molecule has 0 aliphatic carbocycles. The number of hydrogen-bond acceptors (Lipinski definition) is 3. The SMILES string of the molecule is OCc1ccc2nccc(-c3ccc4c(c3)OCC4)c2c1. The zero-order valence-corrected chi connectivity index (χ0v) is 11.5. The predicted molar refractivity (Wildman–Crippen MR) is 82.3 cm³/mol. The van der Waals surface area contributed by atoms with Crippen molar-refractivity contribution in [2.45, 2.75) is 13.0 Å². The van der Waals surface area contributed by atoms with E-state index in [1.165, 1.54) is 5.56 Å². The van der Waals surface area contributed by atoms with Gasteiger partial charge in [0, 0.05) is 18.0 Å². The Labute approximate surface area is 122 Å². The van der Waals surface area contributed by atoms with Gasteiger partial charge < -0.3 is 9.84 Å². The topological polar surface area (TPSA) is 42.4 Å². The third kappa shape index (κ3) is 2.06. The lowest BCUT2D eigenvalue weighted by Gasteiger charge is -2.09. The van der Waals surface area contributed by atoms with Gasteiger partial charge in [0.2, 0.25) is 0 Å². The minimum Gasteiger partial charge on any atom is -0.493 e. The Kier molecular flexibility index (Phi) is 2.86. The predicted octanol–water partition coefficient (Wildman–Crippen LogP) is 3.33. The van der Waals surface area contributed by atoms with Gasteiger partial charge in [-0.25, -0.2) is 0 Å². The first-order valence-corrected chi connectivity index (χ1v) is 7.10. The molecule has 1 aliphatic rings. The van der Waals surface area contributed by atoms with Crippen LogP contribution in [0.2, 0.25) is 0 Å². The Morgan fingerprint density at radius 3 is 2.95 bits per heavy atom. The molecule has 0 spiro atoms. The Bertz CT molecular complexity index is 827. The summed E-state index contributed by atoms with van der Waals surface area (Å²) in [7, 11) is 0. The van der Waals surface area contributed by atoms with Crippen molar-refractivity contribution in [3.63, 3.8) is 0 Å². The van der Waals surface area contributed by atoms with Gasteiger partial charge in [-0.1, -0.05) is 18.2 Å². The van der Waals surface area contributed by atoms with Crippen LogP contribution in [-0.4, -0.2) is 16.7 Å². The van der Waals surface area contributed by atoms with Gasteiger partial charge in [-0.15, -0.1) is 0 Å². The number of aromatic nitrogens is 1. The second-order valence-electron chi connectivity index (χ2n) is 5.29. The van der Waals surface area contributed by atoms with Gasteiger partial charge in [0.05, 0.1) is 18.7 Å². The maximum atomic E-state index is 9.34. The van der Waals surface area contributed by atoms with E-state index in [9.17, 15) is 5.11 Å². The quantitative estimate of drug-likeness (QED) is 0.781. The number of ether oxygens (including phenoxy) is 1. The van der Waals surface area contributed by atoms with Crippen LogP contribution in [0.25, 0.3) is 22.0 Å². The largest absolute Gasteiger partial charge is 0.493 e. The van der Waals surface area contributed by atoms with Crippen molar-refractivity contribution in [1.29, 1.82) is 0 Å². The summed E-state index contributed by atoms with van der Waals surface area (Å²) >= 11 is 0. The highest BCUT2D eigenvalue weighted by Gasteiger charge is 2.14. The van der Waals surface area contributed by atoms with E-state index in [4.69, 9.17) is 4.74 Å². The maximum absolute atomic E-state index is 9.34. The third-order valence-corrected chi connectivity index (χ3v) is 4.00. The van der Waals surface area contributed by atoms with Crippen LogP contribution < -0.4 is 4.74 Å². The molecule has 0 atom stereocenters. The van der Waals surface area contributed by atoms with Crippen molar-refractivity contribution in [3.05, 3.63) is 59.8 Å². The molecular formula is C18H15NO2. The minimum absolute atomic E-state index is 0.0393. The van der Waals surface area contributed by atoms with Crippen LogP contribution in [0, 0.1) is 0 Å². The number of nitrogens with zero attached hydrogens (tertiary/aromatic N) is 1. The van der Waals surface area contributed by atoms with Gasteiger partial charge in [-0.2, -0.15) is 0 Å². The highest BCUT2D eigenvalue weighted by molar-refractivity contribution is 5.95. The van der Waals surface area contributed by atoms with E-state index < -0.39 is 0 Å². The van der Waals surface area contributed by atoms with E-state index in [1.807, 2.05) is 30.5 Å². The molecule has 1 aromatic heterocycles. The van der Waals surface area contributed by atoms with Crippen LogP contribution in [0.4, 0.5) is 0 Å². The van der Waals surface area contributed by atoms with Crippen LogP contribution in [-0.2, 0) is 13.0 Å². The molecule has 1 N–H and O–H groups in total. The molecular weight excluding hydrogens is 262 g/mol. The first-order valence-electron chi connectivity index (χ1n) is 7.10. The standard InChI is InChI=1S/C18H15NO2/c20-11-12-1-4-17-16(9-12)15(5-7-19-17)14-3-2-13-6-8-21-18(13)10-14/h1-5,7,9-10,20H,6,8,11H2. The van der Waals surface area contributed by atoms with Crippen molar-refractivity contribution in [1.82, 2.24) is 4.98 Å². The molecule has 21 heavy (non-hydrogen) atoms. The van der Waals surface area contributed by atoms with Crippen LogP contribution in [0.5, 0.6) is 5.75 Å². The highest BCUT2D eigenvalue weighted by Crippen LogP contribution is 2.34. The van der Waals surface area contributed by atoms with Crippen LogP contribution in [0.15, 0.2) is 48.7 Å². The van der Waals surface area contributed by atoms with Gasteiger partial charge in [0.1, 0.15) is 5.75 Å². The lowest BCUT2D eigenvalue weighted by Crippen LogP contribution is -1.89. The average Bonchev–Trinajstić information content (AvgIpc) is 3.01. The van der Waals surface area contributed by atoms with Crippen molar-refractivity contribution < 1.29 is 9.84 Å². The summed E-state index contributed by atoms with van der Waals surface area (Å²) < 4.78 is 5.66. The lowest BCUT2D eigenvalue weighted by molar-refractivity contribution is 0.282. The fourth-order valence-corrected chi connectivity index (χ4v) is 2.88. The van der Waals surface area contributed by atoms with E-state index in [2.05, 4.69) is 23.2 Å². The molecule has 0 radical (unpaired) electrons. The third-order valence-electron chi connectivity index (χ3n) is 4.00. The van der Waals surface area contributed by atoms with Crippen molar-refractivity contribution in [3.8, 4) is 16.9 Å². The summed E-state index contributed by atoms with van der Waals surface area (Å²) in [6.07, 6.45) is 2.81. The van der Waals surface area contributed by atoms with Gasteiger partial charge in [0.15, 0.2) is 0 Å². The number of fused-ring (bicyclic) bond motifs is 2. The van der Waals surface area contributed by atoms with Crippen molar-refractivity contribution in [2.24, 2.45) is 0 Å². The number of benzene rings is 2. The van der Waals surface area contributed by atoms with E-state index in [-0.39, 0.29) is 6.61 Å². The Hall–Kier alpha value is -2.39. The smallest absolute Gasteiger partial charge is 0.123 e. The Morgan fingerprint density at radius 1 is 1.10 bits per heavy atom. The lowest BCUT2D eigenvalue weighted by atomic mass is 9.98. The van der Waals surface area contributed by atoms with Gasteiger partial charge in [-0.05, 0) is 46.5 Å². The van der Waals surface area contributed by atoms with Crippen LogP contribution in [0.3, 0.4) is 0 Å². The summed E-state index contributed by atoms with van der Waals surface area (Å²) in [6, 6.07) is 14.3. The molecule has 3 aromatic rings. The molecule has 0 saturated carbocycles. The fourth-order valence-electron chi connectivity index (χ4n) is 2.88. The van der Waals surface area contributed by atoms with Gasteiger partial charge in [0.25, 0.3) is 0 Å². The summed E-state index contributed by atoms with van der Waals surface area (Å²) in [6.45, 7) is 0.808. The summed E-state index contributed by atoms with van der Waals surface area (Å²) in [5.74, 6) is 0.982. The molecule has 0 unspecified atom stereocenters. The normalized spacial score (nSPS) is 13.2. The molecule has 0 amide bonds. The number of aliphatic hydroxyl groups excluding tert-OH is 1. The van der Waals surface area contributed by atoms with Crippen LogP contribution in [0.1, 0.15) is 11.1 Å². The monoisotopic (exact) mass is 277 g/mol. The van der Waals surface area contributed by atoms with Crippen LogP contribution >= 0.6 is 0 Å². The molecule has 2 aromatic carbocycles. The summed E-state index contributed by atoms with van der Waals surface area (Å²) in [4.78, 5) is 4.40. The molecule has 1 aliphatic heterocycles. The second kappa shape index (κ2) is 4.86. The molecule has 104 valence electrons. The first-order chi connectivity index (χ1) is 10.3. The molecule has 3 nitrogen and oxygen atoms in total. The van der Waals surface area contributed by atoms with Crippen molar-refractivity contribution >= 4 is 10.9 Å². The molecule has 3 heteroatoms. The number of hydrogen-bond donors (Lipinski definition) is 1. The Balaban J connectivity index is 1.93. The molecule has 0 bridgehead atoms. The summed E-state index contributed by atoms with van der Waals surface area (Å²) in [5.41, 5.74) is 5.35. The average molecular weight is 277 g/mol. The number of aliphatic hydroxyl groups is 1. The molecule has 2 heterocycles. The van der Waals surface area contributed by atoms with E-state index in [0.717, 1.165) is 46.4 Å². The second-order valence-corrected chi connectivity index (χ2v) is 5.29.